The summed E-state index contributed by atoms with van der Waals surface area (Å²) in [5.41, 5.74) is 5.29. The highest BCUT2D eigenvalue weighted by Gasteiger charge is 2.41. The van der Waals surface area contributed by atoms with E-state index in [0.717, 1.165) is 65.7 Å². The summed E-state index contributed by atoms with van der Waals surface area (Å²) in [7, 11) is 1.00. The van der Waals surface area contributed by atoms with E-state index >= 15 is 0 Å². The number of nitrogens with one attached hydrogen (secondary N) is 2. The van der Waals surface area contributed by atoms with E-state index in [2.05, 4.69) is 53.1 Å². The number of carbonyl (C=O) groups is 6. The van der Waals surface area contributed by atoms with Gasteiger partial charge in [0.1, 0.15) is 23.4 Å². The molecule has 5 N–H and O–H groups in total. The second-order valence-electron chi connectivity index (χ2n) is 17.3. The van der Waals surface area contributed by atoms with Gasteiger partial charge in [-0.2, -0.15) is 0 Å². The number of anilines is 2. The maximum Gasteiger partial charge on any atom is 0.349 e. The smallest absolute Gasteiger partial charge is 0.349 e. The fourth-order valence-corrected chi connectivity index (χ4v) is 11.8. The van der Waals surface area contributed by atoms with Crippen LogP contribution in [-0.2, 0) is 20.1 Å². The molecule has 1 atom stereocenters. The normalized spacial score (nSPS) is 18.0. The zero-order valence-electron chi connectivity index (χ0n) is 38.0. The van der Waals surface area contributed by atoms with Crippen LogP contribution in [-0.4, -0.2) is 105 Å². The van der Waals surface area contributed by atoms with Crippen molar-refractivity contribution >= 4 is 93.0 Å². The number of carboxylic acid groups (broad SMARTS) is 1. The molecule has 15 nitrogen and oxygen atoms in total. The Morgan fingerprint density at radius 3 is 2.43 bits per heavy atom. The first-order valence-corrected chi connectivity index (χ1v) is 24.5. The molecule has 5 amide bonds. The summed E-state index contributed by atoms with van der Waals surface area (Å²) in [6.07, 6.45) is 6.43. The van der Waals surface area contributed by atoms with Crippen molar-refractivity contribution in [3.63, 3.8) is 0 Å². The molecule has 1 aromatic heterocycles. The Hall–Kier alpha value is -5.98. The lowest BCUT2D eigenvalue weighted by Crippen LogP contribution is -2.53. The molecule has 4 aliphatic heterocycles. The van der Waals surface area contributed by atoms with Crippen LogP contribution in [0.15, 0.2) is 78.9 Å². The van der Waals surface area contributed by atoms with E-state index in [0.29, 0.717) is 41.8 Å². The van der Waals surface area contributed by atoms with Crippen molar-refractivity contribution in [2.45, 2.75) is 82.0 Å². The number of likely N-dealkylation sites (tertiary alicyclic amines) is 1. The molecule has 5 aromatic rings. The third kappa shape index (κ3) is 10.8. The molecule has 9 rings (SSSR count). The molecule has 68 heavy (non-hydrogen) atoms. The van der Waals surface area contributed by atoms with Crippen LogP contribution < -0.4 is 20.3 Å². The molecular formula is C50H54ClN5O10S2. The van der Waals surface area contributed by atoms with Crippen molar-refractivity contribution < 1.29 is 48.8 Å². The minimum atomic E-state index is -1.19. The molecule has 3 saturated heterocycles. The Balaban J connectivity index is 0.000000261. The van der Waals surface area contributed by atoms with Crippen molar-refractivity contribution in [2.24, 2.45) is 0 Å². The van der Waals surface area contributed by atoms with E-state index in [1.807, 2.05) is 47.2 Å². The third-order valence-corrected chi connectivity index (χ3v) is 15.7. The lowest BCUT2D eigenvalue weighted by Gasteiger charge is -2.41. The summed E-state index contributed by atoms with van der Waals surface area (Å²) in [4.78, 5) is 76.6. The third-order valence-electron chi connectivity index (χ3n) is 12.6. The van der Waals surface area contributed by atoms with Gasteiger partial charge in [-0.3, -0.25) is 29.4 Å². The van der Waals surface area contributed by atoms with Crippen LogP contribution in [0.4, 0.5) is 16.2 Å². The topological polar surface area (TPSA) is 206 Å². The number of imide groups is 1. The Bertz CT molecular complexity index is 2720. The zero-order chi connectivity index (χ0) is 48.7. The Kier molecular flexibility index (Phi) is 16.1. The number of carboxylic acids is 1. The maximum atomic E-state index is 13.5. The molecule has 4 aliphatic rings. The fraction of sp³-hybridized carbons (Fsp3) is 0.360. The van der Waals surface area contributed by atoms with Gasteiger partial charge >= 0.3 is 12.0 Å². The summed E-state index contributed by atoms with van der Waals surface area (Å²) in [5.74, 6) is -0.982. The van der Waals surface area contributed by atoms with Crippen LogP contribution in [0.1, 0.15) is 95.9 Å². The van der Waals surface area contributed by atoms with E-state index in [-0.39, 0.29) is 63.7 Å². The van der Waals surface area contributed by atoms with Crippen molar-refractivity contribution in [1.29, 1.82) is 0 Å². The molecule has 0 radical (unpaired) electrons. The molecule has 358 valence electrons. The van der Waals surface area contributed by atoms with Crippen molar-refractivity contribution in [1.82, 2.24) is 14.5 Å². The van der Waals surface area contributed by atoms with Crippen LogP contribution in [0.25, 0.3) is 21.2 Å². The van der Waals surface area contributed by atoms with Gasteiger partial charge in [-0.05, 0) is 110 Å². The van der Waals surface area contributed by atoms with Crippen molar-refractivity contribution in [2.75, 3.05) is 43.6 Å². The number of urea groups is 1. The van der Waals surface area contributed by atoms with Crippen LogP contribution in [0.5, 0.6) is 11.5 Å². The highest BCUT2D eigenvalue weighted by atomic mass is 35.5. The summed E-state index contributed by atoms with van der Waals surface area (Å²) in [6.45, 7) is 6.76. The summed E-state index contributed by atoms with van der Waals surface area (Å²) < 4.78 is 7.59. The number of hydrogen-bond acceptors (Lipinski definition) is 12. The van der Waals surface area contributed by atoms with Crippen LogP contribution in [0, 0.1) is 0 Å². The molecule has 0 aliphatic carbocycles. The molecule has 18 heteroatoms. The average molecular weight is 985 g/mol. The molecule has 0 spiro atoms. The number of ether oxygens (including phenoxy) is 1. The average Bonchev–Trinajstić information content (AvgIpc) is 3.82. The van der Waals surface area contributed by atoms with Gasteiger partial charge in [0.2, 0.25) is 11.8 Å². The number of halogens is 1. The number of amides is 5. The summed E-state index contributed by atoms with van der Waals surface area (Å²) in [6, 6.07) is 23.5. The minimum Gasteiger partial charge on any atom is -0.508 e. The van der Waals surface area contributed by atoms with Gasteiger partial charge in [0.15, 0.2) is 16.9 Å². The Labute approximate surface area is 407 Å². The lowest BCUT2D eigenvalue weighted by atomic mass is 9.85. The predicted molar refractivity (Wildman–Crippen MR) is 265 cm³/mol. The molecule has 0 saturated carbocycles. The second-order valence-corrected chi connectivity index (χ2v) is 19.7. The Morgan fingerprint density at radius 2 is 1.72 bits per heavy atom. The number of benzene rings is 4. The summed E-state index contributed by atoms with van der Waals surface area (Å²) >= 11 is 8.93. The fourth-order valence-electron chi connectivity index (χ4n) is 9.21. The SMILES string of the molecule is CC1(C)CCCCN1SCc1cccc(NC(=O)N2CCC(c3ccc4c5c(cccc35)C(=O)N4C3CCC(=O)NC3=O)CC2)c1.CO.O=CCOc1c(C(=O)O)sc(-c2cccc(O)c2)c1Cl. The first-order valence-electron chi connectivity index (χ1n) is 22.4. The molecule has 0 bridgehead atoms. The number of aromatic hydroxyl groups is 1. The number of thiophene rings is 1. The lowest BCUT2D eigenvalue weighted by molar-refractivity contribution is -0.134. The van der Waals surface area contributed by atoms with Gasteiger partial charge in [-0.25, -0.2) is 13.9 Å². The molecule has 1 unspecified atom stereocenters. The van der Waals surface area contributed by atoms with Crippen LogP contribution >= 0.6 is 34.9 Å². The van der Waals surface area contributed by atoms with Gasteiger partial charge in [-0.1, -0.05) is 72.4 Å². The number of aliphatic hydroxyl groups is 1. The number of aliphatic hydroxyl groups excluding tert-OH is 1. The quantitative estimate of drug-likeness (QED) is 0.0478. The highest BCUT2D eigenvalue weighted by molar-refractivity contribution is 7.96. The second kappa shape index (κ2) is 22.0. The molecular weight excluding hydrogens is 930 g/mol. The number of carbonyl (C=O) groups excluding carboxylic acids is 5. The number of phenolic OH excluding ortho intramolecular Hbond substituents is 1. The maximum absolute atomic E-state index is 13.5. The van der Waals surface area contributed by atoms with Crippen LogP contribution in [0.3, 0.4) is 0 Å². The highest BCUT2D eigenvalue weighted by Crippen LogP contribution is 2.47. The number of phenols is 1. The number of piperidine rings is 3. The van der Waals surface area contributed by atoms with Gasteiger partial charge < -0.3 is 30.3 Å². The largest absolute Gasteiger partial charge is 0.508 e. The standard InChI is InChI=1S/C36H41N5O4S.C13H9ClO5S.CH4O/c1-36(2)17-3-4-18-40(36)46-22-23-7-5-8-25(21-23)37-35(45)39-19-15-24(16-20-39)26-11-12-29-32-27(26)9-6-10-28(32)34(44)41(29)30-13-14-31(42)38-33(30)43;14-9-10(19-5-4-15)12(13(17)18)20-11(9)7-2-1-3-8(16)6-7;1-2/h5-12,21,24,30H,3-4,13-20,22H2,1-2H3,(H,37,45)(H,38,42,43);1-4,6,16H,5H2,(H,17,18);2H,1H3. The van der Waals surface area contributed by atoms with Crippen molar-refractivity contribution in [3.05, 3.63) is 105 Å². The predicted octanol–water partition coefficient (Wildman–Crippen LogP) is 9.09. The number of aromatic carboxylic acids is 1. The van der Waals surface area contributed by atoms with Gasteiger partial charge in [0.25, 0.3) is 5.91 Å². The van der Waals surface area contributed by atoms with Gasteiger partial charge in [0.05, 0.1) is 10.6 Å². The molecule has 4 aromatic carbocycles. The first kappa shape index (κ1) is 49.9. The number of aldehydes is 1. The van der Waals surface area contributed by atoms with E-state index in [4.69, 9.17) is 26.6 Å². The minimum absolute atomic E-state index is 0.0328. The summed E-state index contributed by atoms with van der Waals surface area (Å²) in [5, 5.41) is 33.1. The van der Waals surface area contributed by atoms with Gasteiger partial charge in [0, 0.05) is 61.1 Å². The Morgan fingerprint density at radius 1 is 0.971 bits per heavy atom. The van der Waals surface area contributed by atoms with Gasteiger partial charge in [-0.15, -0.1) is 11.3 Å². The van der Waals surface area contributed by atoms with E-state index in [1.165, 1.54) is 42.5 Å². The van der Waals surface area contributed by atoms with E-state index in [1.54, 1.807) is 17.0 Å². The zero-order valence-corrected chi connectivity index (χ0v) is 40.3. The van der Waals surface area contributed by atoms with E-state index in [9.17, 15) is 33.9 Å². The number of nitrogens with zero attached hydrogens (tertiary/aromatic N) is 3. The van der Waals surface area contributed by atoms with Crippen LogP contribution in [0.2, 0.25) is 5.02 Å². The van der Waals surface area contributed by atoms with Crippen molar-refractivity contribution in [3.8, 4) is 21.9 Å². The number of rotatable bonds is 11. The first-order chi connectivity index (χ1) is 32.7. The number of hydrogen-bond donors (Lipinski definition) is 5. The van der Waals surface area contributed by atoms with E-state index < -0.39 is 17.9 Å². The molecule has 3 fully saturated rings. The monoisotopic (exact) mass is 983 g/mol. The molecule has 5 heterocycles.